The molecule has 1 aliphatic rings. The highest BCUT2D eigenvalue weighted by atomic mass is 32.2. The van der Waals surface area contributed by atoms with Gasteiger partial charge in [-0.1, -0.05) is 30.3 Å². The van der Waals surface area contributed by atoms with E-state index < -0.39 is 26.0 Å². The minimum Gasteiger partial charge on any atom is -0.506 e. The third-order valence-corrected chi connectivity index (χ3v) is 8.65. The number of anilines is 2. The summed E-state index contributed by atoms with van der Waals surface area (Å²) in [4.78, 5) is 12.4. The lowest BCUT2D eigenvalue weighted by Gasteiger charge is -2.18. The summed E-state index contributed by atoms with van der Waals surface area (Å²) in [5.41, 5.74) is 0.398. The Morgan fingerprint density at radius 3 is 2.52 bits per heavy atom. The Balaban J connectivity index is 1.38. The normalized spacial score (nSPS) is 15.6. The van der Waals surface area contributed by atoms with Gasteiger partial charge in [0.25, 0.3) is 0 Å². The largest absolute Gasteiger partial charge is 0.506 e. The molecule has 0 spiro atoms. The van der Waals surface area contributed by atoms with Crippen molar-refractivity contribution in [3.8, 4) is 5.75 Å². The summed E-state index contributed by atoms with van der Waals surface area (Å²) >= 11 is 0. The minimum absolute atomic E-state index is 0.0485. The molecule has 1 heterocycles. The molecule has 0 saturated carbocycles. The zero-order chi connectivity index (χ0) is 23.6. The molecule has 1 saturated heterocycles. The van der Waals surface area contributed by atoms with Crippen LogP contribution in [0.2, 0.25) is 0 Å². The summed E-state index contributed by atoms with van der Waals surface area (Å²) in [5, 5.41) is 14.3. The molecule has 0 atom stereocenters. The van der Waals surface area contributed by atoms with E-state index in [0.29, 0.717) is 18.7 Å². The number of fused-ring (bicyclic) bond motifs is 1. The Kier molecular flexibility index (Phi) is 6.28. The van der Waals surface area contributed by atoms with E-state index in [4.69, 9.17) is 0 Å². The predicted molar refractivity (Wildman–Crippen MR) is 126 cm³/mol. The number of phenolic OH excluding ortho intramolecular Hbond substituents is 1. The van der Waals surface area contributed by atoms with Crippen molar-refractivity contribution in [3.05, 3.63) is 60.7 Å². The van der Waals surface area contributed by atoms with E-state index in [1.165, 1.54) is 28.6 Å². The van der Waals surface area contributed by atoms with E-state index in [-0.39, 0.29) is 35.1 Å². The lowest BCUT2D eigenvalue weighted by molar-refractivity contribution is -0.116. The highest BCUT2D eigenvalue weighted by Crippen LogP contribution is 2.32. The van der Waals surface area contributed by atoms with Crippen LogP contribution in [0.1, 0.15) is 12.8 Å². The van der Waals surface area contributed by atoms with Crippen LogP contribution in [0.3, 0.4) is 0 Å². The monoisotopic (exact) mass is 489 g/mol. The lowest BCUT2D eigenvalue weighted by Crippen LogP contribution is -2.28. The highest BCUT2D eigenvalue weighted by Gasteiger charge is 2.29. The summed E-state index contributed by atoms with van der Waals surface area (Å²) in [6.07, 6.45) is 0.320. The number of carbonyl (C=O) groups is 1. The molecule has 9 nitrogen and oxygen atoms in total. The molecular formula is C22H23N3O6S2. The first-order chi connectivity index (χ1) is 15.7. The maximum absolute atomic E-state index is 12.6. The molecule has 0 bridgehead atoms. The van der Waals surface area contributed by atoms with E-state index in [1.54, 1.807) is 12.1 Å². The summed E-state index contributed by atoms with van der Waals surface area (Å²) in [6.45, 7) is 0.180. The Morgan fingerprint density at radius 1 is 1.03 bits per heavy atom. The van der Waals surface area contributed by atoms with Gasteiger partial charge >= 0.3 is 0 Å². The second kappa shape index (κ2) is 9.00. The van der Waals surface area contributed by atoms with Crippen molar-refractivity contribution >= 4 is 48.1 Å². The van der Waals surface area contributed by atoms with Gasteiger partial charge < -0.3 is 10.4 Å². The van der Waals surface area contributed by atoms with Crippen molar-refractivity contribution < 1.29 is 26.7 Å². The summed E-state index contributed by atoms with van der Waals surface area (Å²) in [7, 11) is -7.22. The average molecular weight is 490 g/mol. The molecular weight excluding hydrogens is 466 g/mol. The molecule has 3 N–H and O–H groups in total. The van der Waals surface area contributed by atoms with Gasteiger partial charge in [0.15, 0.2) is 0 Å². The van der Waals surface area contributed by atoms with Gasteiger partial charge in [0.1, 0.15) is 5.75 Å². The van der Waals surface area contributed by atoms with Crippen molar-refractivity contribution in [2.45, 2.75) is 17.7 Å². The van der Waals surface area contributed by atoms with Crippen LogP contribution in [0.25, 0.3) is 10.8 Å². The van der Waals surface area contributed by atoms with Crippen molar-refractivity contribution in [3.63, 3.8) is 0 Å². The van der Waals surface area contributed by atoms with Crippen LogP contribution in [-0.4, -0.2) is 46.7 Å². The van der Waals surface area contributed by atoms with Crippen molar-refractivity contribution in [1.29, 1.82) is 0 Å². The molecule has 0 unspecified atom stereocenters. The number of hydrogen-bond donors (Lipinski definition) is 3. The zero-order valence-electron chi connectivity index (χ0n) is 17.6. The van der Waals surface area contributed by atoms with Crippen molar-refractivity contribution in [2.75, 3.05) is 28.5 Å². The number of carbonyl (C=O) groups excluding carboxylic acids is 1. The Hall–Kier alpha value is -3.15. The van der Waals surface area contributed by atoms with Gasteiger partial charge in [0, 0.05) is 19.5 Å². The van der Waals surface area contributed by atoms with Gasteiger partial charge in [-0.25, -0.2) is 21.6 Å². The number of amides is 1. The lowest BCUT2D eigenvalue weighted by atomic mass is 10.1. The van der Waals surface area contributed by atoms with Crippen molar-refractivity contribution in [2.24, 2.45) is 0 Å². The SMILES string of the molecule is O=C(CCNS(=O)(=O)c1ccc2ccccc2c1)Nc1cc(N2CCCS2(=O)=O)ccc1O. The molecule has 3 aromatic carbocycles. The fourth-order valence-electron chi connectivity index (χ4n) is 3.64. The van der Waals surface area contributed by atoms with E-state index in [0.717, 1.165) is 10.8 Å². The standard InChI is InChI=1S/C22H23N3O6S2/c26-21-9-7-18(25-12-3-13-32(25,28)29)15-20(21)24-22(27)10-11-23-33(30,31)19-8-6-16-4-1-2-5-17(16)14-19/h1-2,4-9,14-15,23,26H,3,10-13H2,(H,24,27). The number of nitrogens with zero attached hydrogens (tertiary/aromatic N) is 1. The topological polar surface area (TPSA) is 133 Å². The summed E-state index contributed by atoms with van der Waals surface area (Å²) in [6, 6.07) is 16.3. The van der Waals surface area contributed by atoms with E-state index in [9.17, 15) is 26.7 Å². The second-order valence-corrected chi connectivity index (χ2v) is 11.4. The molecule has 0 aromatic heterocycles. The molecule has 1 aliphatic heterocycles. The number of sulfonamides is 2. The zero-order valence-corrected chi connectivity index (χ0v) is 19.2. The molecule has 3 aromatic rings. The van der Waals surface area contributed by atoms with Crippen LogP contribution in [-0.2, 0) is 24.8 Å². The number of benzene rings is 3. The quantitative estimate of drug-likeness (QED) is 0.437. The first kappa shape index (κ1) is 23.0. The average Bonchev–Trinajstić information content (AvgIpc) is 3.13. The Labute approximate surface area is 192 Å². The van der Waals surface area contributed by atoms with E-state index in [1.807, 2.05) is 24.3 Å². The molecule has 4 rings (SSSR count). The molecule has 0 aliphatic carbocycles. The number of phenols is 1. The van der Waals surface area contributed by atoms with Crippen molar-refractivity contribution in [1.82, 2.24) is 4.72 Å². The fraction of sp³-hybridized carbons (Fsp3) is 0.227. The van der Waals surface area contributed by atoms with Gasteiger partial charge in [-0.05, 0) is 47.5 Å². The summed E-state index contributed by atoms with van der Waals surface area (Å²) < 4.78 is 53.0. The maximum Gasteiger partial charge on any atom is 0.240 e. The Bertz CT molecular complexity index is 1420. The van der Waals surface area contributed by atoms with Crippen LogP contribution in [0.15, 0.2) is 65.6 Å². The first-order valence-corrected chi connectivity index (χ1v) is 13.4. The molecule has 33 heavy (non-hydrogen) atoms. The second-order valence-electron chi connectivity index (χ2n) is 7.65. The number of hydrogen-bond acceptors (Lipinski definition) is 6. The third-order valence-electron chi connectivity index (χ3n) is 5.32. The smallest absolute Gasteiger partial charge is 0.240 e. The fourth-order valence-corrected chi connectivity index (χ4v) is 6.26. The Morgan fingerprint density at radius 2 is 1.79 bits per heavy atom. The highest BCUT2D eigenvalue weighted by molar-refractivity contribution is 7.93. The van der Waals surface area contributed by atoms with Gasteiger partial charge in [-0.3, -0.25) is 9.10 Å². The maximum atomic E-state index is 12.6. The molecule has 11 heteroatoms. The number of rotatable bonds is 7. The summed E-state index contributed by atoms with van der Waals surface area (Å²) in [5.74, 6) is -0.708. The van der Waals surface area contributed by atoms with Crippen LogP contribution in [0.5, 0.6) is 5.75 Å². The van der Waals surface area contributed by atoms with Gasteiger partial charge in [0.2, 0.25) is 26.0 Å². The van der Waals surface area contributed by atoms with Crippen LogP contribution >= 0.6 is 0 Å². The van der Waals surface area contributed by atoms with E-state index in [2.05, 4.69) is 10.0 Å². The van der Waals surface area contributed by atoms with Crippen LogP contribution in [0.4, 0.5) is 11.4 Å². The first-order valence-electron chi connectivity index (χ1n) is 10.3. The molecule has 0 radical (unpaired) electrons. The molecule has 174 valence electrons. The number of aromatic hydroxyl groups is 1. The predicted octanol–water partition coefficient (Wildman–Crippen LogP) is 2.39. The third kappa shape index (κ3) is 5.10. The van der Waals surface area contributed by atoms with E-state index >= 15 is 0 Å². The van der Waals surface area contributed by atoms with Gasteiger partial charge in [-0.2, -0.15) is 0 Å². The van der Waals surface area contributed by atoms with Crippen LogP contribution < -0.4 is 14.3 Å². The molecule has 1 fully saturated rings. The van der Waals surface area contributed by atoms with Gasteiger partial charge in [0.05, 0.1) is 22.0 Å². The molecule has 1 amide bonds. The minimum atomic E-state index is -3.81. The number of nitrogens with one attached hydrogen (secondary N) is 2. The van der Waals surface area contributed by atoms with Gasteiger partial charge in [-0.15, -0.1) is 0 Å². The van der Waals surface area contributed by atoms with Crippen LogP contribution in [0, 0.1) is 0 Å².